The molecule has 0 saturated heterocycles. The summed E-state index contributed by atoms with van der Waals surface area (Å²) in [6.07, 6.45) is 2.30. The number of carbonyl (C=O) groups excluding carboxylic acids is 1. The number of anilines is 3. The number of nitrogens with one attached hydrogen (secondary N) is 2. The summed E-state index contributed by atoms with van der Waals surface area (Å²) in [6, 6.07) is 14.5. The molecule has 4 N–H and O–H groups in total. The first-order valence-corrected chi connectivity index (χ1v) is 10.1. The van der Waals surface area contributed by atoms with E-state index in [2.05, 4.69) is 60.7 Å². The average molecular weight is 399 g/mol. The van der Waals surface area contributed by atoms with Crippen LogP contribution in [-0.4, -0.2) is 16.9 Å². The van der Waals surface area contributed by atoms with Gasteiger partial charge in [0.1, 0.15) is 5.82 Å². The summed E-state index contributed by atoms with van der Waals surface area (Å²) < 4.78 is 0. The van der Waals surface area contributed by atoms with Gasteiger partial charge < -0.3 is 16.4 Å². The SMILES string of the molecule is Cc1c(NC(C)C)cccc1-c1cc(N)c2cnc(NC(=O)C3C[C@H]3C#N)cc2c1. The minimum atomic E-state index is -0.234. The van der Waals surface area contributed by atoms with Gasteiger partial charge in [-0.05, 0) is 73.5 Å². The van der Waals surface area contributed by atoms with Crippen molar-refractivity contribution in [2.24, 2.45) is 11.8 Å². The van der Waals surface area contributed by atoms with Gasteiger partial charge in [-0.2, -0.15) is 5.26 Å². The second-order valence-corrected chi connectivity index (χ2v) is 8.20. The lowest BCUT2D eigenvalue weighted by molar-refractivity contribution is -0.117. The number of rotatable bonds is 5. The van der Waals surface area contributed by atoms with Gasteiger partial charge in [-0.25, -0.2) is 4.98 Å². The number of hydrogen-bond acceptors (Lipinski definition) is 5. The van der Waals surface area contributed by atoms with Crippen LogP contribution in [-0.2, 0) is 4.79 Å². The maximum atomic E-state index is 12.3. The number of nitrogen functional groups attached to an aromatic ring is 1. The van der Waals surface area contributed by atoms with Crippen LogP contribution in [0.4, 0.5) is 17.2 Å². The highest BCUT2D eigenvalue weighted by Crippen LogP contribution is 2.39. The molecule has 1 saturated carbocycles. The van der Waals surface area contributed by atoms with Gasteiger partial charge >= 0.3 is 0 Å². The molecular formula is C24H25N5O. The number of fused-ring (bicyclic) bond motifs is 1. The molecule has 1 heterocycles. The van der Waals surface area contributed by atoms with Gasteiger partial charge in [0.05, 0.1) is 17.9 Å². The average Bonchev–Trinajstić information content (AvgIpc) is 3.49. The highest BCUT2D eigenvalue weighted by molar-refractivity contribution is 6.00. The lowest BCUT2D eigenvalue weighted by Crippen LogP contribution is -2.15. The lowest BCUT2D eigenvalue weighted by Gasteiger charge is -2.17. The Hall–Kier alpha value is -3.59. The highest BCUT2D eigenvalue weighted by atomic mass is 16.2. The summed E-state index contributed by atoms with van der Waals surface area (Å²) in [5, 5.41) is 17.0. The predicted octanol–water partition coefficient (Wildman–Crippen LogP) is 4.71. The number of nitrogens with two attached hydrogens (primary N) is 1. The Labute approximate surface area is 176 Å². The maximum Gasteiger partial charge on any atom is 0.230 e. The molecular weight excluding hydrogens is 374 g/mol. The van der Waals surface area contributed by atoms with Crippen LogP contribution in [0.3, 0.4) is 0 Å². The molecule has 6 heteroatoms. The van der Waals surface area contributed by atoms with E-state index in [1.165, 1.54) is 0 Å². The number of amides is 1. The third-order valence-electron chi connectivity index (χ3n) is 5.50. The predicted molar refractivity (Wildman–Crippen MR) is 121 cm³/mol. The van der Waals surface area contributed by atoms with E-state index in [1.54, 1.807) is 6.20 Å². The normalized spacial score (nSPS) is 17.6. The van der Waals surface area contributed by atoms with Crippen molar-refractivity contribution in [3.8, 4) is 17.2 Å². The van der Waals surface area contributed by atoms with Crippen molar-refractivity contribution in [3.63, 3.8) is 0 Å². The minimum absolute atomic E-state index is 0.152. The Morgan fingerprint density at radius 3 is 2.80 bits per heavy atom. The minimum Gasteiger partial charge on any atom is -0.398 e. The van der Waals surface area contributed by atoms with Gasteiger partial charge in [-0.1, -0.05) is 12.1 Å². The number of aromatic nitrogens is 1. The molecule has 1 aliphatic rings. The maximum absolute atomic E-state index is 12.3. The van der Waals surface area contributed by atoms with E-state index in [0.717, 1.165) is 33.2 Å². The summed E-state index contributed by atoms with van der Waals surface area (Å²) >= 11 is 0. The number of nitriles is 1. The van der Waals surface area contributed by atoms with Crippen LogP contribution >= 0.6 is 0 Å². The van der Waals surface area contributed by atoms with Gasteiger partial charge in [0.2, 0.25) is 5.91 Å². The van der Waals surface area contributed by atoms with Crippen molar-refractivity contribution < 1.29 is 4.79 Å². The van der Waals surface area contributed by atoms with Gasteiger partial charge in [0.25, 0.3) is 0 Å². The van der Waals surface area contributed by atoms with Crippen molar-refractivity contribution in [2.75, 3.05) is 16.4 Å². The standard InChI is InChI=1S/C24H25N5O/c1-13(2)28-22-6-4-5-18(14(22)3)15-7-16-10-23(27-12-20(16)21(26)9-15)29-24(30)19-8-17(19)11-25/h4-7,9-10,12-13,17,19,28H,8,26H2,1-3H3,(H,27,29,30)/t17-,19?/m0/s1. The molecule has 0 bridgehead atoms. The molecule has 0 aliphatic heterocycles. The topological polar surface area (TPSA) is 104 Å². The monoisotopic (exact) mass is 399 g/mol. The molecule has 2 atom stereocenters. The van der Waals surface area contributed by atoms with Crippen molar-refractivity contribution >= 4 is 33.9 Å². The van der Waals surface area contributed by atoms with Crippen LogP contribution in [0.25, 0.3) is 21.9 Å². The van der Waals surface area contributed by atoms with E-state index >= 15 is 0 Å². The molecule has 2 aromatic carbocycles. The third kappa shape index (κ3) is 3.79. The fraction of sp³-hybridized carbons (Fsp3) is 0.292. The second kappa shape index (κ2) is 7.68. The van der Waals surface area contributed by atoms with Crippen LogP contribution in [0.15, 0.2) is 42.6 Å². The van der Waals surface area contributed by atoms with Gasteiger partial charge in [-0.15, -0.1) is 0 Å². The first-order chi connectivity index (χ1) is 14.4. The van der Waals surface area contributed by atoms with Crippen LogP contribution in [0.1, 0.15) is 25.8 Å². The second-order valence-electron chi connectivity index (χ2n) is 8.20. The molecule has 1 aliphatic carbocycles. The molecule has 152 valence electrons. The number of carbonyl (C=O) groups is 1. The summed E-state index contributed by atoms with van der Waals surface area (Å²) in [5.41, 5.74) is 11.3. The molecule has 4 rings (SSSR count). The zero-order valence-electron chi connectivity index (χ0n) is 17.4. The molecule has 1 fully saturated rings. The van der Waals surface area contributed by atoms with Crippen molar-refractivity contribution in [3.05, 3.63) is 48.2 Å². The first kappa shape index (κ1) is 19.7. The smallest absolute Gasteiger partial charge is 0.230 e. The fourth-order valence-corrected chi connectivity index (χ4v) is 3.77. The summed E-state index contributed by atoms with van der Waals surface area (Å²) in [4.78, 5) is 16.6. The van der Waals surface area contributed by atoms with E-state index in [0.29, 0.717) is 24.0 Å². The fourth-order valence-electron chi connectivity index (χ4n) is 3.77. The molecule has 6 nitrogen and oxygen atoms in total. The van der Waals surface area contributed by atoms with E-state index in [1.807, 2.05) is 18.2 Å². The van der Waals surface area contributed by atoms with Crippen LogP contribution in [0.5, 0.6) is 0 Å². The van der Waals surface area contributed by atoms with Crippen LogP contribution in [0.2, 0.25) is 0 Å². The molecule has 3 aromatic rings. The first-order valence-electron chi connectivity index (χ1n) is 10.1. The zero-order chi connectivity index (χ0) is 21.4. The van der Waals surface area contributed by atoms with Crippen molar-refractivity contribution in [2.45, 2.75) is 33.2 Å². The summed E-state index contributed by atoms with van der Waals surface area (Å²) in [6.45, 7) is 6.33. The van der Waals surface area contributed by atoms with Crippen LogP contribution < -0.4 is 16.4 Å². The quantitative estimate of drug-likeness (QED) is 0.539. The van der Waals surface area contributed by atoms with Gasteiger partial charge in [-0.3, -0.25) is 4.79 Å². The van der Waals surface area contributed by atoms with Gasteiger partial charge in [0, 0.05) is 29.0 Å². The Morgan fingerprint density at radius 1 is 1.30 bits per heavy atom. The Bertz CT molecular complexity index is 1180. The number of hydrogen-bond donors (Lipinski definition) is 3. The largest absolute Gasteiger partial charge is 0.398 e. The number of nitrogens with zero attached hydrogens (tertiary/aromatic N) is 2. The van der Waals surface area contributed by atoms with Crippen LogP contribution in [0, 0.1) is 30.1 Å². The summed E-state index contributed by atoms with van der Waals surface area (Å²) in [7, 11) is 0. The molecule has 0 radical (unpaired) electrons. The Kier molecular flexibility index (Phi) is 5.04. The van der Waals surface area contributed by atoms with Gasteiger partial charge in [0.15, 0.2) is 0 Å². The van der Waals surface area contributed by atoms with Crippen molar-refractivity contribution in [1.29, 1.82) is 5.26 Å². The van der Waals surface area contributed by atoms with E-state index < -0.39 is 0 Å². The van der Waals surface area contributed by atoms with E-state index in [-0.39, 0.29) is 17.7 Å². The highest BCUT2D eigenvalue weighted by Gasteiger charge is 2.43. The third-order valence-corrected chi connectivity index (χ3v) is 5.50. The summed E-state index contributed by atoms with van der Waals surface area (Å²) in [5.74, 6) is -0.0921. The molecule has 1 amide bonds. The molecule has 1 aromatic heterocycles. The Morgan fingerprint density at radius 2 is 2.10 bits per heavy atom. The molecule has 1 unspecified atom stereocenters. The van der Waals surface area contributed by atoms with Crippen molar-refractivity contribution in [1.82, 2.24) is 4.98 Å². The number of benzene rings is 2. The van der Waals surface area contributed by atoms with E-state index in [9.17, 15) is 4.79 Å². The van der Waals surface area contributed by atoms with E-state index in [4.69, 9.17) is 11.0 Å². The number of pyridine rings is 1. The molecule has 30 heavy (non-hydrogen) atoms. The zero-order valence-corrected chi connectivity index (χ0v) is 17.4. The molecule has 0 spiro atoms. The Balaban J connectivity index is 1.69. The lowest BCUT2D eigenvalue weighted by atomic mass is 9.96.